The maximum absolute atomic E-state index is 13.4. The van der Waals surface area contributed by atoms with Crippen LogP contribution in [0, 0.1) is 0 Å². The predicted octanol–water partition coefficient (Wildman–Crippen LogP) is 4.73. The van der Waals surface area contributed by atoms with Gasteiger partial charge >= 0.3 is 0 Å². The van der Waals surface area contributed by atoms with Gasteiger partial charge < -0.3 is 15.4 Å². The Hall–Kier alpha value is -3.93. The van der Waals surface area contributed by atoms with Crippen molar-refractivity contribution in [1.82, 2.24) is 14.9 Å². The number of halogens is 1. The van der Waals surface area contributed by atoms with Crippen LogP contribution in [0.1, 0.15) is 6.92 Å². The number of para-hydroxylation sites is 2. The number of rotatable bonds is 10. The first kappa shape index (κ1) is 27.1. The van der Waals surface area contributed by atoms with E-state index in [4.69, 9.17) is 16.3 Å². The molecular formula is C26H27ClN6O4S. The smallest absolute Gasteiger partial charge is 0.263 e. The standard InChI is InChI=1S/C26H27ClN6O4S/c1-4-33(2)16-24(34)28-17-8-7-9-19(14-17)38(35,36)32-26-25(29-21-10-5-6-11-22(21)30-26)31-23-15-18(37-3)12-13-20(23)27/h5-15H,4,16H2,1-3H3,(H,28,34)(H,29,31)(H,30,32). The molecule has 0 spiro atoms. The van der Waals surface area contributed by atoms with E-state index in [1.54, 1.807) is 54.6 Å². The van der Waals surface area contributed by atoms with Gasteiger partial charge in [-0.3, -0.25) is 14.4 Å². The summed E-state index contributed by atoms with van der Waals surface area (Å²) in [5.41, 5.74) is 1.86. The van der Waals surface area contributed by atoms with Crippen LogP contribution in [0.25, 0.3) is 11.0 Å². The number of fused-ring (bicyclic) bond motifs is 1. The molecule has 198 valence electrons. The second kappa shape index (κ2) is 11.6. The quantitative estimate of drug-likeness (QED) is 0.257. The summed E-state index contributed by atoms with van der Waals surface area (Å²) in [5.74, 6) is 0.423. The second-order valence-corrected chi connectivity index (χ2v) is 10.5. The summed E-state index contributed by atoms with van der Waals surface area (Å²) in [6.07, 6.45) is 0. The molecule has 0 aliphatic carbocycles. The zero-order valence-electron chi connectivity index (χ0n) is 21.0. The number of anilines is 4. The Morgan fingerprint density at radius 3 is 2.39 bits per heavy atom. The highest BCUT2D eigenvalue weighted by molar-refractivity contribution is 7.92. The summed E-state index contributed by atoms with van der Waals surface area (Å²) in [7, 11) is -0.770. The van der Waals surface area contributed by atoms with E-state index in [1.165, 1.54) is 19.2 Å². The Bertz CT molecular complexity index is 1580. The molecule has 0 unspecified atom stereocenters. The van der Waals surface area contributed by atoms with Crippen LogP contribution in [0.2, 0.25) is 5.02 Å². The summed E-state index contributed by atoms with van der Waals surface area (Å²) in [6, 6.07) is 18.1. The number of methoxy groups -OCH3 is 1. The molecule has 0 saturated heterocycles. The van der Waals surface area contributed by atoms with E-state index in [0.29, 0.717) is 39.7 Å². The number of aromatic nitrogens is 2. The molecule has 3 N–H and O–H groups in total. The lowest BCUT2D eigenvalue weighted by Crippen LogP contribution is -2.30. The van der Waals surface area contributed by atoms with Crippen molar-refractivity contribution in [2.45, 2.75) is 11.8 Å². The molecule has 0 saturated carbocycles. The zero-order valence-corrected chi connectivity index (χ0v) is 22.6. The third-order valence-corrected chi connectivity index (χ3v) is 7.28. The summed E-state index contributed by atoms with van der Waals surface area (Å²) in [6.45, 7) is 2.82. The normalized spacial score (nSPS) is 11.4. The van der Waals surface area contributed by atoms with Crippen LogP contribution in [0.5, 0.6) is 5.75 Å². The number of nitrogens with one attached hydrogen (secondary N) is 3. The van der Waals surface area contributed by atoms with Gasteiger partial charge in [-0.1, -0.05) is 36.7 Å². The molecule has 38 heavy (non-hydrogen) atoms. The first-order chi connectivity index (χ1) is 18.2. The maximum atomic E-state index is 13.4. The number of ether oxygens (including phenoxy) is 1. The number of benzene rings is 3. The highest BCUT2D eigenvalue weighted by Crippen LogP contribution is 2.33. The van der Waals surface area contributed by atoms with Crippen molar-refractivity contribution in [3.8, 4) is 5.75 Å². The van der Waals surface area contributed by atoms with E-state index in [1.807, 2.05) is 18.9 Å². The van der Waals surface area contributed by atoms with Crippen molar-refractivity contribution in [2.24, 2.45) is 0 Å². The van der Waals surface area contributed by atoms with Crippen LogP contribution in [-0.4, -0.2) is 56.4 Å². The SMILES string of the molecule is CCN(C)CC(=O)Nc1cccc(S(=O)(=O)Nc2nc3ccccc3nc2Nc2cc(OC)ccc2Cl)c1. The number of amides is 1. The molecule has 0 fully saturated rings. The van der Waals surface area contributed by atoms with Crippen LogP contribution < -0.4 is 20.1 Å². The van der Waals surface area contributed by atoms with Crippen LogP contribution in [-0.2, 0) is 14.8 Å². The van der Waals surface area contributed by atoms with Crippen molar-refractivity contribution in [2.75, 3.05) is 42.6 Å². The predicted molar refractivity (Wildman–Crippen MR) is 150 cm³/mol. The van der Waals surface area contributed by atoms with E-state index in [9.17, 15) is 13.2 Å². The first-order valence-electron chi connectivity index (χ1n) is 11.7. The average molecular weight is 555 g/mol. The molecule has 1 heterocycles. The third-order valence-electron chi connectivity index (χ3n) is 5.61. The molecule has 4 rings (SSSR count). The molecule has 0 aliphatic rings. The molecule has 4 aromatic rings. The Morgan fingerprint density at radius 1 is 1.00 bits per heavy atom. The van der Waals surface area contributed by atoms with Gasteiger partial charge in [0.05, 0.1) is 40.3 Å². The summed E-state index contributed by atoms with van der Waals surface area (Å²) in [5, 5.41) is 6.18. The molecule has 10 nitrogen and oxygen atoms in total. The number of sulfonamides is 1. The van der Waals surface area contributed by atoms with E-state index < -0.39 is 10.0 Å². The first-order valence-corrected chi connectivity index (χ1v) is 13.5. The van der Waals surface area contributed by atoms with Crippen LogP contribution in [0.15, 0.2) is 71.6 Å². The van der Waals surface area contributed by atoms with E-state index in [2.05, 4.69) is 25.3 Å². The topological polar surface area (TPSA) is 126 Å². The Balaban J connectivity index is 1.67. The molecular weight excluding hydrogens is 528 g/mol. The van der Waals surface area contributed by atoms with Gasteiger partial charge in [0.1, 0.15) is 5.75 Å². The Kier molecular flexibility index (Phi) is 8.30. The lowest BCUT2D eigenvalue weighted by molar-refractivity contribution is -0.117. The highest BCUT2D eigenvalue weighted by Gasteiger charge is 2.20. The van der Waals surface area contributed by atoms with Gasteiger partial charge in [-0.25, -0.2) is 18.4 Å². The average Bonchev–Trinajstić information content (AvgIpc) is 2.90. The van der Waals surface area contributed by atoms with Gasteiger partial charge in [0.15, 0.2) is 11.6 Å². The third kappa shape index (κ3) is 6.49. The molecule has 1 amide bonds. The Labute approximate surface area is 226 Å². The molecule has 0 atom stereocenters. The lowest BCUT2D eigenvalue weighted by Gasteiger charge is -2.16. The van der Waals surface area contributed by atoms with Crippen molar-refractivity contribution >= 4 is 61.6 Å². The van der Waals surface area contributed by atoms with Crippen LogP contribution >= 0.6 is 11.6 Å². The van der Waals surface area contributed by atoms with Gasteiger partial charge in [-0.15, -0.1) is 0 Å². The minimum atomic E-state index is -4.12. The summed E-state index contributed by atoms with van der Waals surface area (Å²) < 4.78 is 34.6. The van der Waals surface area contributed by atoms with Gasteiger partial charge in [0.2, 0.25) is 5.91 Å². The van der Waals surface area contributed by atoms with Crippen molar-refractivity contribution in [3.05, 3.63) is 71.8 Å². The number of hydrogen-bond acceptors (Lipinski definition) is 8. The fourth-order valence-corrected chi connectivity index (χ4v) is 4.72. The number of nitrogens with zero attached hydrogens (tertiary/aromatic N) is 3. The van der Waals surface area contributed by atoms with Gasteiger partial charge in [0, 0.05) is 11.8 Å². The number of likely N-dealkylation sites (N-methyl/N-ethyl adjacent to an activating group) is 1. The molecule has 0 aliphatic heterocycles. The second-order valence-electron chi connectivity index (χ2n) is 8.39. The van der Waals surface area contributed by atoms with Crippen molar-refractivity contribution in [3.63, 3.8) is 0 Å². The summed E-state index contributed by atoms with van der Waals surface area (Å²) >= 11 is 6.36. The monoisotopic (exact) mass is 554 g/mol. The van der Waals surface area contributed by atoms with E-state index >= 15 is 0 Å². The fraction of sp³-hybridized carbons (Fsp3) is 0.192. The fourth-order valence-electron chi connectivity index (χ4n) is 3.50. The molecule has 12 heteroatoms. The number of carbonyl (C=O) groups is 1. The van der Waals surface area contributed by atoms with Crippen LogP contribution in [0.4, 0.5) is 23.0 Å². The maximum Gasteiger partial charge on any atom is 0.263 e. The van der Waals surface area contributed by atoms with Gasteiger partial charge in [-0.2, -0.15) is 0 Å². The number of carbonyl (C=O) groups excluding carboxylic acids is 1. The lowest BCUT2D eigenvalue weighted by atomic mass is 10.3. The molecule has 1 aromatic heterocycles. The summed E-state index contributed by atoms with van der Waals surface area (Å²) in [4.78, 5) is 23.1. The zero-order chi connectivity index (χ0) is 27.3. The van der Waals surface area contributed by atoms with Gasteiger partial charge in [0.25, 0.3) is 10.0 Å². The minimum absolute atomic E-state index is 0.0263. The van der Waals surface area contributed by atoms with E-state index in [-0.39, 0.29) is 29.0 Å². The van der Waals surface area contributed by atoms with Crippen molar-refractivity contribution in [1.29, 1.82) is 0 Å². The van der Waals surface area contributed by atoms with Crippen molar-refractivity contribution < 1.29 is 17.9 Å². The molecule has 3 aromatic carbocycles. The van der Waals surface area contributed by atoms with Crippen LogP contribution in [0.3, 0.4) is 0 Å². The molecule has 0 radical (unpaired) electrons. The Morgan fingerprint density at radius 2 is 1.71 bits per heavy atom. The minimum Gasteiger partial charge on any atom is -0.497 e. The van der Waals surface area contributed by atoms with Gasteiger partial charge in [-0.05, 0) is 56.1 Å². The highest BCUT2D eigenvalue weighted by atomic mass is 35.5. The molecule has 0 bridgehead atoms. The largest absolute Gasteiger partial charge is 0.497 e. The number of hydrogen-bond donors (Lipinski definition) is 3. The van der Waals surface area contributed by atoms with E-state index in [0.717, 1.165) is 0 Å².